The van der Waals surface area contributed by atoms with E-state index in [1.54, 1.807) is 10.9 Å². The van der Waals surface area contributed by atoms with Crippen molar-refractivity contribution in [2.24, 2.45) is 0 Å². The van der Waals surface area contributed by atoms with Crippen LogP contribution < -0.4 is 0 Å². The van der Waals surface area contributed by atoms with Crippen LogP contribution in [0.3, 0.4) is 0 Å². The van der Waals surface area contributed by atoms with E-state index in [0.29, 0.717) is 11.8 Å². The van der Waals surface area contributed by atoms with E-state index in [1.807, 2.05) is 0 Å². The van der Waals surface area contributed by atoms with Crippen molar-refractivity contribution in [1.29, 1.82) is 0 Å². The summed E-state index contributed by atoms with van der Waals surface area (Å²) in [5.74, 6) is 0. The van der Waals surface area contributed by atoms with Crippen molar-refractivity contribution in [3.8, 4) is 0 Å². The molecular formula is C9H11ClN2O2. The molecule has 76 valence electrons. The van der Waals surface area contributed by atoms with Crippen molar-refractivity contribution in [3.63, 3.8) is 0 Å². The predicted molar refractivity (Wildman–Crippen MR) is 51.5 cm³/mol. The maximum absolute atomic E-state index is 10.5. The molecule has 4 nitrogen and oxygen atoms in total. The van der Waals surface area contributed by atoms with Crippen LogP contribution in [-0.2, 0) is 4.74 Å². The Morgan fingerprint density at radius 2 is 2.50 bits per heavy atom. The van der Waals surface area contributed by atoms with E-state index in [-0.39, 0.29) is 11.4 Å². The first-order valence-electron chi connectivity index (χ1n) is 4.62. The van der Waals surface area contributed by atoms with Crippen molar-refractivity contribution in [3.05, 3.63) is 16.9 Å². The van der Waals surface area contributed by atoms with E-state index in [9.17, 15) is 4.79 Å². The third-order valence-electron chi connectivity index (χ3n) is 2.29. The average molecular weight is 215 g/mol. The minimum atomic E-state index is -0.0602. The highest BCUT2D eigenvalue weighted by atomic mass is 35.5. The van der Waals surface area contributed by atoms with Gasteiger partial charge in [0.1, 0.15) is 6.23 Å². The smallest absolute Gasteiger partial charge is 0.161 e. The van der Waals surface area contributed by atoms with Gasteiger partial charge in [-0.15, -0.1) is 0 Å². The third kappa shape index (κ3) is 1.81. The Kier molecular flexibility index (Phi) is 2.84. The number of hydrogen-bond acceptors (Lipinski definition) is 3. The van der Waals surface area contributed by atoms with Gasteiger partial charge in [0.25, 0.3) is 0 Å². The molecule has 0 aromatic carbocycles. The van der Waals surface area contributed by atoms with Gasteiger partial charge in [0.15, 0.2) is 11.4 Å². The van der Waals surface area contributed by atoms with Crippen molar-refractivity contribution in [2.75, 3.05) is 6.61 Å². The maximum atomic E-state index is 10.5. The molecule has 2 heterocycles. The van der Waals surface area contributed by atoms with Gasteiger partial charge < -0.3 is 4.74 Å². The van der Waals surface area contributed by atoms with Crippen molar-refractivity contribution >= 4 is 17.9 Å². The average Bonchev–Trinajstić information content (AvgIpc) is 2.61. The van der Waals surface area contributed by atoms with Crippen molar-refractivity contribution in [1.82, 2.24) is 9.78 Å². The lowest BCUT2D eigenvalue weighted by Crippen LogP contribution is -2.18. The fourth-order valence-electron chi connectivity index (χ4n) is 1.54. The van der Waals surface area contributed by atoms with Crippen LogP contribution in [0.2, 0.25) is 5.15 Å². The zero-order chi connectivity index (χ0) is 9.97. The molecule has 0 radical (unpaired) electrons. The summed E-state index contributed by atoms with van der Waals surface area (Å²) in [7, 11) is 0. The largest absolute Gasteiger partial charge is 0.357 e. The summed E-state index contributed by atoms with van der Waals surface area (Å²) in [4.78, 5) is 10.5. The van der Waals surface area contributed by atoms with Crippen LogP contribution in [0.4, 0.5) is 0 Å². The van der Waals surface area contributed by atoms with E-state index in [2.05, 4.69) is 5.10 Å². The molecule has 1 atom stereocenters. The second kappa shape index (κ2) is 4.11. The molecule has 0 bridgehead atoms. The molecule has 14 heavy (non-hydrogen) atoms. The predicted octanol–water partition coefficient (Wildman–Crippen LogP) is 2.05. The highest BCUT2D eigenvalue weighted by molar-refractivity contribution is 6.31. The molecule has 0 aliphatic carbocycles. The molecule has 5 heteroatoms. The number of aldehydes is 1. The lowest BCUT2D eigenvalue weighted by Gasteiger charge is -2.22. The topological polar surface area (TPSA) is 44.1 Å². The number of rotatable bonds is 2. The second-order valence-electron chi connectivity index (χ2n) is 3.29. The van der Waals surface area contributed by atoms with Crippen LogP contribution in [0.1, 0.15) is 35.8 Å². The van der Waals surface area contributed by atoms with E-state index in [1.165, 1.54) is 0 Å². The summed E-state index contributed by atoms with van der Waals surface area (Å²) in [5, 5.41) is 4.28. The summed E-state index contributed by atoms with van der Waals surface area (Å²) in [6, 6.07) is 0. The van der Waals surface area contributed by atoms with Gasteiger partial charge >= 0.3 is 0 Å². The van der Waals surface area contributed by atoms with Crippen LogP contribution in [0, 0.1) is 0 Å². The van der Waals surface area contributed by atoms with E-state index >= 15 is 0 Å². The summed E-state index contributed by atoms with van der Waals surface area (Å²) < 4.78 is 7.13. The molecule has 1 aliphatic rings. The Morgan fingerprint density at radius 1 is 1.64 bits per heavy atom. The van der Waals surface area contributed by atoms with Crippen LogP contribution in [-0.4, -0.2) is 22.7 Å². The SMILES string of the molecule is O=Cc1cn(C2CCCCO2)nc1Cl. The molecule has 0 amide bonds. The first-order valence-corrected chi connectivity index (χ1v) is 5.00. The minimum Gasteiger partial charge on any atom is -0.357 e. The summed E-state index contributed by atoms with van der Waals surface area (Å²) in [6.07, 6.45) is 5.41. The van der Waals surface area contributed by atoms with Gasteiger partial charge in [-0.05, 0) is 19.3 Å². The number of halogens is 1. The van der Waals surface area contributed by atoms with Crippen LogP contribution in [0.25, 0.3) is 0 Å². The lowest BCUT2D eigenvalue weighted by atomic mass is 10.2. The standard InChI is InChI=1S/C9H11ClN2O2/c10-9-7(6-13)5-12(11-9)8-3-1-2-4-14-8/h5-6,8H,1-4H2. The third-order valence-corrected chi connectivity index (χ3v) is 2.58. The molecule has 1 saturated heterocycles. The Labute approximate surface area is 86.8 Å². The molecule has 0 spiro atoms. The second-order valence-corrected chi connectivity index (χ2v) is 3.65. The van der Waals surface area contributed by atoms with E-state index in [0.717, 1.165) is 25.9 Å². The normalized spacial score (nSPS) is 22.2. The van der Waals surface area contributed by atoms with Gasteiger partial charge in [0.2, 0.25) is 0 Å². The van der Waals surface area contributed by atoms with Gasteiger partial charge in [-0.3, -0.25) is 4.79 Å². The van der Waals surface area contributed by atoms with Gasteiger partial charge in [-0.2, -0.15) is 5.10 Å². The van der Waals surface area contributed by atoms with E-state index < -0.39 is 0 Å². The Morgan fingerprint density at radius 3 is 3.07 bits per heavy atom. The molecule has 1 aromatic rings. The van der Waals surface area contributed by atoms with E-state index in [4.69, 9.17) is 16.3 Å². The molecule has 1 unspecified atom stereocenters. The summed E-state index contributed by atoms with van der Waals surface area (Å²) >= 11 is 5.75. The highest BCUT2D eigenvalue weighted by Gasteiger charge is 2.18. The first-order chi connectivity index (χ1) is 6.81. The number of carbonyl (C=O) groups is 1. The monoisotopic (exact) mass is 214 g/mol. The minimum absolute atomic E-state index is 0.0602. The maximum Gasteiger partial charge on any atom is 0.161 e. The highest BCUT2D eigenvalue weighted by Crippen LogP contribution is 2.23. The molecular weight excluding hydrogens is 204 g/mol. The Balaban J connectivity index is 2.18. The molecule has 1 aromatic heterocycles. The fraction of sp³-hybridized carbons (Fsp3) is 0.556. The lowest BCUT2D eigenvalue weighted by molar-refractivity contribution is -0.0394. The van der Waals surface area contributed by atoms with Crippen molar-refractivity contribution < 1.29 is 9.53 Å². The molecule has 2 rings (SSSR count). The fourth-order valence-corrected chi connectivity index (χ4v) is 1.72. The zero-order valence-corrected chi connectivity index (χ0v) is 8.41. The quantitative estimate of drug-likeness (QED) is 0.708. The van der Waals surface area contributed by atoms with Crippen molar-refractivity contribution in [2.45, 2.75) is 25.5 Å². The number of nitrogens with zero attached hydrogens (tertiary/aromatic N) is 2. The van der Waals surface area contributed by atoms with Crippen LogP contribution >= 0.6 is 11.6 Å². The van der Waals surface area contributed by atoms with Gasteiger partial charge in [-0.1, -0.05) is 11.6 Å². The first kappa shape index (κ1) is 9.68. The van der Waals surface area contributed by atoms with Crippen LogP contribution in [0.15, 0.2) is 6.20 Å². The number of ether oxygens (including phenoxy) is 1. The molecule has 1 aliphatic heterocycles. The number of aromatic nitrogens is 2. The van der Waals surface area contributed by atoms with Gasteiger partial charge in [0.05, 0.1) is 5.56 Å². The van der Waals surface area contributed by atoms with Crippen LogP contribution in [0.5, 0.6) is 0 Å². The zero-order valence-electron chi connectivity index (χ0n) is 7.65. The molecule has 1 fully saturated rings. The summed E-state index contributed by atoms with van der Waals surface area (Å²) in [5.41, 5.74) is 0.417. The molecule has 0 saturated carbocycles. The van der Waals surface area contributed by atoms with Gasteiger partial charge in [0, 0.05) is 12.8 Å². The number of carbonyl (C=O) groups excluding carboxylic acids is 1. The number of hydrogen-bond donors (Lipinski definition) is 0. The summed E-state index contributed by atoms with van der Waals surface area (Å²) in [6.45, 7) is 0.749. The Bertz CT molecular complexity index is 332. The molecule has 0 N–H and O–H groups in total. The Hall–Kier alpha value is -0.870. The van der Waals surface area contributed by atoms with Gasteiger partial charge in [-0.25, -0.2) is 4.68 Å².